The molecule has 182 valence electrons. The lowest BCUT2D eigenvalue weighted by Gasteiger charge is -2.09. The Morgan fingerprint density at radius 3 is 2.47 bits per heavy atom. The number of fused-ring (bicyclic) bond motifs is 2. The Kier molecular flexibility index (Phi) is 6.34. The maximum absolute atomic E-state index is 13.8. The number of benzene rings is 4. The Morgan fingerprint density at radius 2 is 1.69 bits per heavy atom. The molecule has 0 atom stereocenters. The Labute approximate surface area is 216 Å². The molecule has 1 aromatic heterocycles. The number of carbonyl (C=O) groups excluding carboxylic acids is 1. The third-order valence-corrected chi connectivity index (χ3v) is 8.04. The van der Waals surface area contributed by atoms with Crippen molar-refractivity contribution in [2.45, 2.75) is 4.90 Å². The maximum atomic E-state index is 13.8. The molecule has 0 spiro atoms. The third kappa shape index (κ3) is 4.28. The van der Waals surface area contributed by atoms with E-state index in [0.717, 1.165) is 9.47 Å². The molecule has 0 fully saturated rings. The van der Waals surface area contributed by atoms with Crippen molar-refractivity contribution >= 4 is 60.7 Å². The number of hydrogen-bond donors (Lipinski definition) is 0. The van der Waals surface area contributed by atoms with Crippen LogP contribution >= 0.6 is 23.2 Å². The van der Waals surface area contributed by atoms with Crippen molar-refractivity contribution in [2.75, 3.05) is 13.7 Å². The molecule has 10 heteroatoms. The summed E-state index contributed by atoms with van der Waals surface area (Å²) in [6.07, 6.45) is 0. The number of nitrogens with zero attached hydrogens (tertiary/aromatic N) is 2. The number of aromatic nitrogens is 2. The molecule has 0 amide bonds. The van der Waals surface area contributed by atoms with Gasteiger partial charge in [0.15, 0.2) is 12.4 Å². The predicted molar refractivity (Wildman–Crippen MR) is 139 cm³/mol. The summed E-state index contributed by atoms with van der Waals surface area (Å²) >= 11 is 11.9. The predicted octanol–water partition coefficient (Wildman–Crippen LogP) is 6.00. The standard InChI is InChI=1S/C26H18Cl2N2O5S/c1-34-18-10-12-23-20(14-18)26(35-15-24(31)17-9-11-21(27)22(28)13-17)29-30(23)36(32,33)25-8-4-6-16-5-2-3-7-19(16)25/h2-14H,15H2,1H3. The first kappa shape index (κ1) is 24.1. The van der Waals surface area contributed by atoms with Gasteiger partial charge in [-0.05, 0) is 47.9 Å². The first-order chi connectivity index (χ1) is 17.3. The van der Waals surface area contributed by atoms with E-state index in [-0.39, 0.29) is 27.1 Å². The monoisotopic (exact) mass is 540 g/mol. The highest BCUT2D eigenvalue weighted by Crippen LogP contribution is 2.33. The summed E-state index contributed by atoms with van der Waals surface area (Å²) in [4.78, 5) is 12.8. The van der Waals surface area contributed by atoms with Crippen LogP contribution in [0.1, 0.15) is 10.4 Å². The second kappa shape index (κ2) is 9.46. The molecule has 1 heterocycles. The number of halogens is 2. The lowest BCUT2D eigenvalue weighted by molar-refractivity contribution is 0.0919. The Bertz CT molecular complexity index is 1740. The van der Waals surface area contributed by atoms with Crippen LogP contribution in [0.25, 0.3) is 21.7 Å². The second-order valence-electron chi connectivity index (χ2n) is 7.85. The van der Waals surface area contributed by atoms with E-state index in [9.17, 15) is 13.2 Å². The van der Waals surface area contributed by atoms with Crippen LogP contribution in [-0.2, 0) is 10.0 Å². The van der Waals surface area contributed by atoms with Gasteiger partial charge in [-0.25, -0.2) is 0 Å². The van der Waals surface area contributed by atoms with Crippen molar-refractivity contribution in [1.82, 2.24) is 9.19 Å². The smallest absolute Gasteiger partial charge is 0.284 e. The highest BCUT2D eigenvalue weighted by molar-refractivity contribution is 7.90. The molecule has 36 heavy (non-hydrogen) atoms. The molecule has 5 rings (SSSR count). The van der Waals surface area contributed by atoms with Gasteiger partial charge < -0.3 is 9.47 Å². The van der Waals surface area contributed by atoms with Gasteiger partial charge in [0.05, 0.1) is 33.0 Å². The quantitative estimate of drug-likeness (QED) is 0.235. The van der Waals surface area contributed by atoms with Crippen LogP contribution in [0.2, 0.25) is 10.0 Å². The van der Waals surface area contributed by atoms with E-state index in [1.54, 1.807) is 36.4 Å². The van der Waals surface area contributed by atoms with E-state index in [2.05, 4.69) is 5.10 Å². The fourth-order valence-corrected chi connectivity index (χ4v) is 5.66. The van der Waals surface area contributed by atoms with Crippen LogP contribution in [-0.4, -0.2) is 37.1 Å². The zero-order valence-electron chi connectivity index (χ0n) is 18.8. The van der Waals surface area contributed by atoms with Gasteiger partial charge in [0.2, 0.25) is 5.88 Å². The van der Waals surface area contributed by atoms with Crippen LogP contribution in [0.4, 0.5) is 0 Å². The summed E-state index contributed by atoms with van der Waals surface area (Å²) < 4.78 is 39.5. The van der Waals surface area contributed by atoms with E-state index < -0.39 is 16.6 Å². The Balaban J connectivity index is 1.58. The maximum Gasteiger partial charge on any atom is 0.284 e. The number of hydrogen-bond acceptors (Lipinski definition) is 6. The van der Waals surface area contributed by atoms with E-state index in [4.69, 9.17) is 32.7 Å². The highest BCUT2D eigenvalue weighted by atomic mass is 35.5. The van der Waals surface area contributed by atoms with Crippen LogP contribution in [0.3, 0.4) is 0 Å². The third-order valence-electron chi connectivity index (χ3n) is 5.66. The first-order valence-corrected chi connectivity index (χ1v) is 12.9. The summed E-state index contributed by atoms with van der Waals surface area (Å²) in [6.45, 7) is -0.393. The average molecular weight is 541 g/mol. The molecule has 0 aliphatic carbocycles. The molecular formula is C26H18Cl2N2O5S. The molecule has 0 saturated carbocycles. The van der Waals surface area contributed by atoms with Gasteiger partial charge in [0, 0.05) is 10.9 Å². The van der Waals surface area contributed by atoms with E-state index >= 15 is 0 Å². The fourth-order valence-electron chi connectivity index (χ4n) is 3.86. The molecule has 0 N–H and O–H groups in total. The minimum atomic E-state index is -4.12. The van der Waals surface area contributed by atoms with Gasteiger partial charge in [-0.1, -0.05) is 59.6 Å². The normalized spacial score (nSPS) is 11.6. The molecule has 0 unspecified atom stereocenters. The molecule has 0 aliphatic heterocycles. The number of Topliss-reactive ketones (excluding diaryl/α,β-unsaturated/α-hetero) is 1. The first-order valence-electron chi connectivity index (χ1n) is 10.7. The number of rotatable bonds is 7. The van der Waals surface area contributed by atoms with Gasteiger partial charge in [0.1, 0.15) is 5.75 Å². The average Bonchev–Trinajstić information content (AvgIpc) is 3.27. The minimum absolute atomic E-state index is 0.0267. The molecule has 4 aromatic carbocycles. The topological polar surface area (TPSA) is 87.5 Å². The van der Waals surface area contributed by atoms with Crippen molar-refractivity contribution < 1.29 is 22.7 Å². The molecular weight excluding hydrogens is 523 g/mol. The lowest BCUT2D eigenvalue weighted by Crippen LogP contribution is -2.16. The summed E-state index contributed by atoms with van der Waals surface area (Å²) in [6, 6.07) is 21.5. The van der Waals surface area contributed by atoms with Gasteiger partial charge in [0.25, 0.3) is 10.0 Å². The Hall–Kier alpha value is -3.59. The summed E-state index contributed by atoms with van der Waals surface area (Å²) in [5.74, 6) is 0.0717. The van der Waals surface area contributed by atoms with Crippen molar-refractivity contribution in [3.05, 3.63) is 94.5 Å². The van der Waals surface area contributed by atoms with Crippen LogP contribution in [0.15, 0.2) is 83.8 Å². The second-order valence-corrected chi connectivity index (χ2v) is 10.4. The lowest BCUT2D eigenvalue weighted by atomic mass is 10.1. The number of ketones is 1. The minimum Gasteiger partial charge on any atom is -0.497 e. The van der Waals surface area contributed by atoms with Crippen molar-refractivity contribution in [2.24, 2.45) is 0 Å². The zero-order valence-corrected chi connectivity index (χ0v) is 21.1. The number of ether oxygens (including phenoxy) is 2. The zero-order chi connectivity index (χ0) is 25.4. The van der Waals surface area contributed by atoms with Crippen LogP contribution in [0.5, 0.6) is 11.6 Å². The summed E-state index contributed by atoms with van der Waals surface area (Å²) in [5.41, 5.74) is 0.579. The summed E-state index contributed by atoms with van der Waals surface area (Å²) in [7, 11) is -2.63. The largest absolute Gasteiger partial charge is 0.497 e. The van der Waals surface area contributed by atoms with Gasteiger partial charge in [-0.2, -0.15) is 8.42 Å². The molecule has 5 aromatic rings. The molecule has 0 bridgehead atoms. The highest BCUT2D eigenvalue weighted by Gasteiger charge is 2.26. The SMILES string of the molecule is COc1ccc2c(c1)c(OCC(=O)c1ccc(Cl)c(Cl)c1)nn2S(=O)(=O)c1cccc2ccccc12. The fraction of sp³-hybridized carbons (Fsp3) is 0.0769. The van der Waals surface area contributed by atoms with Gasteiger partial charge >= 0.3 is 0 Å². The van der Waals surface area contributed by atoms with Crippen LogP contribution < -0.4 is 9.47 Å². The summed E-state index contributed by atoms with van der Waals surface area (Å²) in [5, 5.41) is 6.55. The van der Waals surface area contributed by atoms with E-state index in [1.165, 1.54) is 31.4 Å². The van der Waals surface area contributed by atoms with Crippen molar-refractivity contribution in [3.8, 4) is 11.6 Å². The number of carbonyl (C=O) groups is 1. The number of methoxy groups -OCH3 is 1. The van der Waals surface area contributed by atoms with Crippen molar-refractivity contribution in [3.63, 3.8) is 0 Å². The van der Waals surface area contributed by atoms with Gasteiger partial charge in [-0.3, -0.25) is 4.79 Å². The van der Waals surface area contributed by atoms with Crippen LogP contribution in [0, 0.1) is 0 Å². The Morgan fingerprint density at radius 1 is 0.917 bits per heavy atom. The molecule has 0 radical (unpaired) electrons. The molecule has 0 saturated heterocycles. The van der Waals surface area contributed by atoms with E-state index in [0.29, 0.717) is 27.1 Å². The van der Waals surface area contributed by atoms with Crippen molar-refractivity contribution in [1.29, 1.82) is 0 Å². The molecule has 0 aliphatic rings. The van der Waals surface area contributed by atoms with E-state index in [1.807, 2.05) is 18.2 Å². The van der Waals surface area contributed by atoms with Gasteiger partial charge in [-0.15, -0.1) is 9.19 Å². The molecule has 7 nitrogen and oxygen atoms in total.